The maximum absolute atomic E-state index is 13.9. The second kappa shape index (κ2) is 8.47. The molecule has 0 aromatic heterocycles. The van der Waals surface area contributed by atoms with E-state index >= 15 is 0 Å². The van der Waals surface area contributed by atoms with Crippen LogP contribution in [0.1, 0.15) is 44.2 Å². The Kier molecular flexibility index (Phi) is 6.33. The lowest BCUT2D eigenvalue weighted by Crippen LogP contribution is -1.88. The topological polar surface area (TPSA) is 9.23 Å². The third-order valence-corrected chi connectivity index (χ3v) is 3.51. The van der Waals surface area contributed by atoms with Gasteiger partial charge in [0.1, 0.15) is 17.3 Å². The van der Waals surface area contributed by atoms with Gasteiger partial charge in [-0.1, -0.05) is 32.4 Å². The van der Waals surface area contributed by atoms with Crippen LogP contribution in [0, 0.1) is 0 Å². The molecule has 0 heterocycles. The summed E-state index contributed by atoms with van der Waals surface area (Å²) < 4.78 is 33.1. The number of benzene rings is 2. The van der Waals surface area contributed by atoms with E-state index in [-0.39, 0.29) is 12.0 Å². The lowest BCUT2D eigenvalue weighted by atomic mass is 10.1. The molecule has 2 rings (SSSR count). The van der Waals surface area contributed by atoms with Crippen LogP contribution in [0.25, 0.3) is 5.83 Å². The van der Waals surface area contributed by atoms with E-state index in [1.54, 1.807) is 12.1 Å². The summed E-state index contributed by atoms with van der Waals surface area (Å²) in [5.41, 5.74) is 1.51. The second-order valence-electron chi connectivity index (χ2n) is 5.49. The molecule has 1 nitrogen and oxygen atoms in total. The average Bonchev–Trinajstić information content (AvgIpc) is 2.57. The summed E-state index contributed by atoms with van der Waals surface area (Å²) in [5, 5.41) is 0. The molecule has 0 radical (unpaired) electrons. The van der Waals surface area contributed by atoms with E-state index in [2.05, 4.69) is 6.92 Å². The monoisotopic (exact) mass is 316 g/mol. The van der Waals surface area contributed by atoms with Crippen molar-refractivity contribution in [2.75, 3.05) is 0 Å². The Hall–Kier alpha value is -2.16. The highest BCUT2D eigenvalue weighted by Crippen LogP contribution is 2.28. The first-order chi connectivity index (χ1) is 11.1. The van der Waals surface area contributed by atoms with E-state index in [0.29, 0.717) is 12.2 Å². The predicted octanol–water partition coefficient (Wildman–Crippen LogP) is 6.84. The molecular weight excluding hydrogens is 294 g/mol. The Balaban J connectivity index is 2.06. The van der Waals surface area contributed by atoms with Crippen molar-refractivity contribution in [3.63, 3.8) is 0 Å². The molecule has 0 bridgehead atoms. The summed E-state index contributed by atoms with van der Waals surface area (Å²) in [7, 11) is 0. The highest BCUT2D eigenvalue weighted by atomic mass is 19.2. The summed E-state index contributed by atoms with van der Waals surface area (Å²) in [6.07, 6.45) is 2.85. The van der Waals surface area contributed by atoms with Crippen molar-refractivity contribution in [3.05, 3.63) is 65.5 Å². The van der Waals surface area contributed by atoms with Crippen LogP contribution in [0.15, 0.2) is 54.4 Å². The first-order valence-corrected chi connectivity index (χ1v) is 8.05. The van der Waals surface area contributed by atoms with Crippen LogP contribution in [-0.4, -0.2) is 0 Å². The number of halogens is 2. The Morgan fingerprint density at radius 1 is 0.826 bits per heavy atom. The largest absolute Gasteiger partial charge is 0.457 e. The van der Waals surface area contributed by atoms with Crippen LogP contribution < -0.4 is 4.74 Å². The Labute approximate surface area is 136 Å². The summed E-state index contributed by atoms with van der Waals surface area (Å²) in [6.45, 7) is 3.96. The molecule has 23 heavy (non-hydrogen) atoms. The van der Waals surface area contributed by atoms with Gasteiger partial charge in [-0.25, -0.2) is 8.78 Å². The molecular formula is C20H22F2O. The minimum Gasteiger partial charge on any atom is -0.457 e. The molecule has 3 heteroatoms. The lowest BCUT2D eigenvalue weighted by Gasteiger charge is -2.07. The molecule has 0 aliphatic heterocycles. The van der Waals surface area contributed by atoms with Gasteiger partial charge in [-0.05, 0) is 54.8 Å². The molecule has 0 fully saturated rings. The SMILES string of the molecule is CCCC(F)=C(F)c1ccc(Oc2ccc(CCC)cc2)cc1. The zero-order valence-electron chi connectivity index (χ0n) is 13.6. The first kappa shape index (κ1) is 17.2. The number of ether oxygens (including phenoxy) is 1. The maximum atomic E-state index is 13.9. The van der Waals surface area contributed by atoms with Crippen molar-refractivity contribution in [1.29, 1.82) is 0 Å². The van der Waals surface area contributed by atoms with E-state index in [1.165, 1.54) is 17.7 Å². The molecule has 2 aromatic carbocycles. The Morgan fingerprint density at radius 3 is 1.91 bits per heavy atom. The molecule has 0 unspecified atom stereocenters. The van der Waals surface area contributed by atoms with Crippen molar-refractivity contribution >= 4 is 5.83 Å². The molecule has 0 spiro atoms. The summed E-state index contributed by atoms with van der Waals surface area (Å²) in [5.74, 6) is -0.165. The van der Waals surface area contributed by atoms with Gasteiger partial charge in [-0.15, -0.1) is 0 Å². The van der Waals surface area contributed by atoms with Crippen LogP contribution in [0.4, 0.5) is 8.78 Å². The van der Waals surface area contributed by atoms with E-state index in [9.17, 15) is 8.78 Å². The van der Waals surface area contributed by atoms with Gasteiger partial charge in [-0.3, -0.25) is 0 Å². The number of hydrogen-bond acceptors (Lipinski definition) is 1. The van der Waals surface area contributed by atoms with Gasteiger partial charge < -0.3 is 4.74 Å². The summed E-state index contributed by atoms with van der Waals surface area (Å²) >= 11 is 0. The molecule has 0 amide bonds. The van der Waals surface area contributed by atoms with E-state index in [0.717, 1.165) is 18.6 Å². The van der Waals surface area contributed by atoms with Gasteiger partial charge in [0, 0.05) is 12.0 Å². The highest BCUT2D eigenvalue weighted by molar-refractivity contribution is 5.61. The zero-order valence-corrected chi connectivity index (χ0v) is 13.6. The number of aryl methyl sites for hydroxylation is 1. The molecule has 0 saturated heterocycles. The van der Waals surface area contributed by atoms with E-state index in [1.807, 2.05) is 31.2 Å². The predicted molar refractivity (Wildman–Crippen MR) is 91.0 cm³/mol. The van der Waals surface area contributed by atoms with Gasteiger partial charge in [0.25, 0.3) is 0 Å². The molecule has 0 aliphatic rings. The Morgan fingerprint density at radius 2 is 1.39 bits per heavy atom. The van der Waals surface area contributed by atoms with Crippen molar-refractivity contribution < 1.29 is 13.5 Å². The molecule has 0 saturated carbocycles. The smallest absolute Gasteiger partial charge is 0.161 e. The van der Waals surface area contributed by atoms with Crippen LogP contribution >= 0.6 is 0 Å². The molecule has 0 N–H and O–H groups in total. The number of rotatable bonds is 7. The first-order valence-electron chi connectivity index (χ1n) is 8.05. The van der Waals surface area contributed by atoms with Crippen LogP contribution in [-0.2, 0) is 6.42 Å². The van der Waals surface area contributed by atoms with Crippen molar-refractivity contribution in [1.82, 2.24) is 0 Å². The zero-order chi connectivity index (χ0) is 16.7. The number of hydrogen-bond donors (Lipinski definition) is 0. The average molecular weight is 316 g/mol. The third kappa shape index (κ3) is 4.92. The van der Waals surface area contributed by atoms with Gasteiger partial charge in [0.15, 0.2) is 5.83 Å². The third-order valence-electron chi connectivity index (χ3n) is 3.51. The molecule has 122 valence electrons. The quantitative estimate of drug-likeness (QED) is 0.543. The van der Waals surface area contributed by atoms with Gasteiger partial charge in [-0.2, -0.15) is 0 Å². The van der Waals surface area contributed by atoms with Crippen molar-refractivity contribution in [2.45, 2.75) is 39.5 Å². The van der Waals surface area contributed by atoms with Crippen LogP contribution in [0.5, 0.6) is 11.5 Å². The standard InChI is InChI=1S/C20H22F2O/c1-3-5-15-7-11-17(12-8-15)23-18-13-9-16(10-14-18)20(22)19(21)6-4-2/h7-14H,3-6H2,1-2H3. The van der Waals surface area contributed by atoms with Gasteiger partial charge in [0.05, 0.1) is 0 Å². The fraction of sp³-hybridized carbons (Fsp3) is 0.300. The summed E-state index contributed by atoms with van der Waals surface area (Å²) in [6, 6.07) is 14.3. The van der Waals surface area contributed by atoms with Gasteiger partial charge >= 0.3 is 0 Å². The normalized spacial score (nSPS) is 12.0. The maximum Gasteiger partial charge on any atom is 0.161 e. The lowest BCUT2D eigenvalue weighted by molar-refractivity contribution is 0.482. The summed E-state index contributed by atoms with van der Waals surface area (Å²) in [4.78, 5) is 0. The van der Waals surface area contributed by atoms with Crippen LogP contribution in [0.2, 0.25) is 0 Å². The minimum atomic E-state index is -0.790. The minimum absolute atomic E-state index is 0.119. The van der Waals surface area contributed by atoms with E-state index in [4.69, 9.17) is 4.74 Å². The fourth-order valence-corrected chi connectivity index (χ4v) is 2.30. The Bertz CT molecular complexity index is 642. The number of allylic oxidation sites excluding steroid dienone is 1. The second-order valence-corrected chi connectivity index (χ2v) is 5.49. The van der Waals surface area contributed by atoms with Crippen molar-refractivity contribution in [2.24, 2.45) is 0 Å². The van der Waals surface area contributed by atoms with Gasteiger partial charge in [0.2, 0.25) is 0 Å². The highest BCUT2D eigenvalue weighted by Gasteiger charge is 2.08. The molecule has 0 atom stereocenters. The van der Waals surface area contributed by atoms with Crippen molar-refractivity contribution in [3.8, 4) is 11.5 Å². The molecule has 2 aromatic rings. The molecule has 0 aliphatic carbocycles. The van der Waals surface area contributed by atoms with Crippen LogP contribution in [0.3, 0.4) is 0 Å². The fourth-order valence-electron chi connectivity index (χ4n) is 2.30. The van der Waals surface area contributed by atoms with E-state index < -0.39 is 11.7 Å².